The molecule has 2 fully saturated rings. The molecule has 0 radical (unpaired) electrons. The van der Waals surface area contributed by atoms with Gasteiger partial charge in [0.2, 0.25) is 0 Å². The van der Waals surface area contributed by atoms with Crippen molar-refractivity contribution < 1.29 is 13.2 Å². The fraction of sp³-hybridized carbons (Fsp3) is 0.941. The normalized spacial score (nSPS) is 24.2. The molecule has 1 aliphatic heterocycles. The van der Waals surface area contributed by atoms with Gasteiger partial charge in [-0.05, 0) is 32.9 Å². The minimum atomic E-state index is -2.99. The fourth-order valence-corrected chi connectivity index (χ4v) is 5.47. The lowest BCUT2D eigenvalue weighted by Gasteiger charge is -2.30. The van der Waals surface area contributed by atoms with E-state index >= 15 is 0 Å². The van der Waals surface area contributed by atoms with Gasteiger partial charge in [0.1, 0.15) is 0 Å². The average Bonchev–Trinajstić information content (AvgIpc) is 2.88. The van der Waals surface area contributed by atoms with E-state index in [1.807, 2.05) is 19.0 Å². The maximum Gasteiger partial charge on any atom is 0.317 e. The third-order valence-corrected chi connectivity index (χ3v) is 7.00. The second-order valence-electron chi connectivity index (χ2n) is 7.58. The van der Waals surface area contributed by atoms with Gasteiger partial charge in [-0.15, -0.1) is 0 Å². The van der Waals surface area contributed by atoms with Crippen molar-refractivity contribution in [1.82, 2.24) is 15.1 Å². The Morgan fingerprint density at radius 3 is 2.38 bits per heavy atom. The molecule has 140 valence electrons. The highest BCUT2D eigenvalue weighted by Crippen LogP contribution is 2.25. The van der Waals surface area contributed by atoms with Crippen LogP contribution in [0.2, 0.25) is 0 Å². The van der Waals surface area contributed by atoms with Crippen LogP contribution in [0.1, 0.15) is 44.9 Å². The Bertz CT molecular complexity index is 501. The SMILES string of the molecule is CN(C)CCN(C(=O)NCCC1CCCCC1)C1CCS(=O)(=O)C1. The molecule has 24 heavy (non-hydrogen) atoms. The largest absolute Gasteiger partial charge is 0.338 e. The molecule has 1 N–H and O–H groups in total. The summed E-state index contributed by atoms with van der Waals surface area (Å²) in [6.45, 7) is 2.01. The lowest BCUT2D eigenvalue weighted by atomic mass is 9.87. The number of nitrogens with one attached hydrogen (secondary N) is 1. The fourth-order valence-electron chi connectivity index (χ4n) is 3.74. The van der Waals surface area contributed by atoms with Crippen LogP contribution in [0, 0.1) is 5.92 Å². The van der Waals surface area contributed by atoms with Gasteiger partial charge in [0, 0.05) is 25.7 Å². The minimum Gasteiger partial charge on any atom is -0.338 e. The van der Waals surface area contributed by atoms with Crippen molar-refractivity contribution in [2.45, 2.75) is 51.0 Å². The second-order valence-corrected chi connectivity index (χ2v) is 9.81. The van der Waals surface area contributed by atoms with E-state index in [9.17, 15) is 13.2 Å². The van der Waals surface area contributed by atoms with E-state index in [2.05, 4.69) is 5.32 Å². The second kappa shape index (κ2) is 9.04. The molecule has 0 spiro atoms. The maximum atomic E-state index is 12.6. The Morgan fingerprint density at radius 2 is 1.79 bits per heavy atom. The molecule has 0 aromatic carbocycles. The number of carbonyl (C=O) groups is 1. The van der Waals surface area contributed by atoms with Crippen molar-refractivity contribution in [3.63, 3.8) is 0 Å². The Kier molecular flexibility index (Phi) is 7.34. The summed E-state index contributed by atoms with van der Waals surface area (Å²) in [6.07, 6.45) is 8.13. The van der Waals surface area contributed by atoms with Crippen molar-refractivity contribution in [2.75, 3.05) is 45.2 Å². The molecule has 0 bridgehead atoms. The predicted octanol–water partition coefficient (Wildman–Crippen LogP) is 1.72. The van der Waals surface area contributed by atoms with Crippen LogP contribution in [0.4, 0.5) is 4.79 Å². The standard InChI is InChI=1S/C17H33N3O3S/c1-19(2)11-12-20(16-9-13-24(22,23)14-16)17(21)18-10-8-15-6-4-3-5-7-15/h15-16H,3-14H2,1-2H3,(H,18,21). The summed E-state index contributed by atoms with van der Waals surface area (Å²) in [5.74, 6) is 1.04. The molecule has 1 unspecified atom stereocenters. The molecular formula is C17H33N3O3S. The molecule has 7 heteroatoms. The summed E-state index contributed by atoms with van der Waals surface area (Å²) in [6, 6.07) is -0.278. The number of carbonyl (C=O) groups excluding carboxylic acids is 1. The number of likely N-dealkylation sites (N-methyl/N-ethyl adjacent to an activating group) is 1. The first-order chi connectivity index (χ1) is 11.4. The summed E-state index contributed by atoms with van der Waals surface area (Å²) >= 11 is 0. The number of urea groups is 1. The lowest BCUT2D eigenvalue weighted by Crippen LogP contribution is -2.49. The summed E-state index contributed by atoms with van der Waals surface area (Å²) in [5.41, 5.74) is 0. The zero-order valence-corrected chi connectivity index (χ0v) is 16.0. The number of nitrogens with zero attached hydrogens (tertiary/aromatic N) is 2. The van der Waals surface area contributed by atoms with E-state index in [0.29, 0.717) is 19.5 Å². The Labute approximate surface area is 146 Å². The quantitative estimate of drug-likeness (QED) is 0.751. The maximum absolute atomic E-state index is 12.6. The number of rotatable bonds is 7. The van der Waals surface area contributed by atoms with Gasteiger partial charge < -0.3 is 15.1 Å². The van der Waals surface area contributed by atoms with E-state index in [0.717, 1.165) is 18.9 Å². The Hall–Kier alpha value is -0.820. The summed E-state index contributed by atoms with van der Waals surface area (Å²) in [5, 5.41) is 3.03. The Morgan fingerprint density at radius 1 is 1.08 bits per heavy atom. The van der Waals surface area contributed by atoms with Gasteiger partial charge in [0.25, 0.3) is 0 Å². The van der Waals surface area contributed by atoms with Crippen molar-refractivity contribution in [3.05, 3.63) is 0 Å². The first-order valence-electron chi connectivity index (χ1n) is 9.27. The summed E-state index contributed by atoms with van der Waals surface area (Å²) in [7, 11) is 0.940. The molecule has 1 aliphatic carbocycles. The van der Waals surface area contributed by atoms with Gasteiger partial charge >= 0.3 is 6.03 Å². The van der Waals surface area contributed by atoms with Crippen LogP contribution < -0.4 is 5.32 Å². The smallest absolute Gasteiger partial charge is 0.317 e. The van der Waals surface area contributed by atoms with E-state index in [-0.39, 0.29) is 23.6 Å². The number of sulfone groups is 1. The van der Waals surface area contributed by atoms with Crippen LogP contribution in [-0.2, 0) is 9.84 Å². The first-order valence-corrected chi connectivity index (χ1v) is 11.1. The molecule has 2 aliphatic rings. The number of hydrogen-bond donors (Lipinski definition) is 1. The van der Waals surface area contributed by atoms with Gasteiger partial charge in [-0.1, -0.05) is 32.1 Å². The molecule has 1 saturated carbocycles. The zero-order chi connectivity index (χ0) is 17.6. The molecule has 1 saturated heterocycles. The number of amides is 2. The predicted molar refractivity (Wildman–Crippen MR) is 96.9 cm³/mol. The van der Waals surface area contributed by atoms with Gasteiger partial charge in [-0.25, -0.2) is 13.2 Å². The van der Waals surface area contributed by atoms with Crippen molar-refractivity contribution in [3.8, 4) is 0 Å². The lowest BCUT2D eigenvalue weighted by molar-refractivity contribution is 0.172. The van der Waals surface area contributed by atoms with Crippen LogP contribution in [0.3, 0.4) is 0 Å². The molecule has 2 rings (SSSR count). The van der Waals surface area contributed by atoms with Crippen LogP contribution in [0.15, 0.2) is 0 Å². The molecular weight excluding hydrogens is 326 g/mol. The van der Waals surface area contributed by atoms with E-state index in [4.69, 9.17) is 0 Å². The minimum absolute atomic E-state index is 0.102. The van der Waals surface area contributed by atoms with Crippen molar-refractivity contribution >= 4 is 15.9 Å². The molecule has 1 atom stereocenters. The summed E-state index contributed by atoms with van der Waals surface area (Å²) < 4.78 is 23.5. The van der Waals surface area contributed by atoms with Crippen molar-refractivity contribution in [1.29, 1.82) is 0 Å². The highest BCUT2D eigenvalue weighted by Gasteiger charge is 2.34. The molecule has 0 aromatic rings. The highest BCUT2D eigenvalue weighted by molar-refractivity contribution is 7.91. The van der Waals surface area contributed by atoms with Crippen LogP contribution >= 0.6 is 0 Å². The van der Waals surface area contributed by atoms with Crippen LogP contribution in [0.5, 0.6) is 0 Å². The average molecular weight is 360 g/mol. The zero-order valence-electron chi connectivity index (χ0n) is 15.2. The van der Waals surface area contributed by atoms with Gasteiger partial charge in [0.05, 0.1) is 11.5 Å². The van der Waals surface area contributed by atoms with Crippen LogP contribution in [-0.4, -0.2) is 75.5 Å². The highest BCUT2D eigenvalue weighted by atomic mass is 32.2. The summed E-state index contributed by atoms with van der Waals surface area (Å²) in [4.78, 5) is 16.4. The number of hydrogen-bond acceptors (Lipinski definition) is 4. The van der Waals surface area contributed by atoms with Gasteiger partial charge in [-0.3, -0.25) is 0 Å². The van der Waals surface area contributed by atoms with Gasteiger partial charge in [0.15, 0.2) is 9.84 Å². The van der Waals surface area contributed by atoms with E-state index < -0.39 is 9.84 Å². The van der Waals surface area contributed by atoms with E-state index in [1.165, 1.54) is 32.1 Å². The third kappa shape index (κ3) is 6.24. The van der Waals surface area contributed by atoms with Crippen molar-refractivity contribution in [2.24, 2.45) is 5.92 Å². The topological polar surface area (TPSA) is 69.7 Å². The molecule has 6 nitrogen and oxygen atoms in total. The first kappa shape index (κ1) is 19.5. The van der Waals surface area contributed by atoms with E-state index in [1.54, 1.807) is 4.90 Å². The van der Waals surface area contributed by atoms with Crippen LogP contribution in [0.25, 0.3) is 0 Å². The molecule has 1 heterocycles. The molecule has 0 aromatic heterocycles. The Balaban J connectivity index is 1.84. The molecule has 2 amide bonds. The third-order valence-electron chi connectivity index (χ3n) is 5.25. The van der Waals surface area contributed by atoms with Gasteiger partial charge in [-0.2, -0.15) is 0 Å². The monoisotopic (exact) mass is 359 g/mol.